The van der Waals surface area contributed by atoms with Crippen LogP contribution in [0.3, 0.4) is 0 Å². The maximum Gasteiger partial charge on any atom is 0.272 e. The average molecular weight is 668 g/mol. The Morgan fingerprint density at radius 3 is 2.15 bits per heavy atom. The van der Waals surface area contributed by atoms with E-state index >= 15 is 0 Å². The van der Waals surface area contributed by atoms with Crippen LogP contribution in [-0.2, 0) is 9.59 Å². The van der Waals surface area contributed by atoms with Gasteiger partial charge in [0, 0.05) is 27.8 Å². The number of carbonyl (C=O) groups excluding carboxylic acids is 3. The fourth-order valence-electron chi connectivity index (χ4n) is 4.34. The number of nitrogens with one attached hydrogen (secondary N) is 3. The lowest BCUT2D eigenvalue weighted by Crippen LogP contribution is -2.30. The number of amides is 3. The molecule has 8 nitrogen and oxygen atoms in total. The predicted octanol–water partition coefficient (Wildman–Crippen LogP) is 7.18. The Hall–Kier alpha value is -5.30. The average Bonchev–Trinajstić information content (AvgIpc) is 3.08. The molecule has 3 amide bonds. The molecule has 4 aromatic carbocycles. The molecule has 47 heavy (non-hydrogen) atoms. The van der Waals surface area contributed by atoms with Gasteiger partial charge < -0.3 is 25.4 Å². The Bertz CT molecular complexity index is 1800. The molecule has 0 saturated heterocycles. The summed E-state index contributed by atoms with van der Waals surface area (Å²) in [5.41, 5.74) is -0.306. The maximum atomic E-state index is 14.1. The number of carbonyl (C=O) groups is 3. The zero-order valence-electron chi connectivity index (χ0n) is 25.3. The van der Waals surface area contributed by atoms with Crippen LogP contribution < -0.4 is 25.4 Å². The Balaban J connectivity index is 1.57. The van der Waals surface area contributed by atoms with E-state index in [1.165, 1.54) is 20.3 Å². The van der Waals surface area contributed by atoms with Crippen LogP contribution in [0.4, 0.5) is 28.9 Å². The maximum absolute atomic E-state index is 14.1. The quantitative estimate of drug-likeness (QED) is 0.0640. The first kappa shape index (κ1) is 34.6. The second kappa shape index (κ2) is 15.8. The van der Waals surface area contributed by atoms with Gasteiger partial charge in [-0.15, -0.1) is 11.8 Å². The predicted molar refractivity (Wildman–Crippen MR) is 171 cm³/mol. The van der Waals surface area contributed by atoms with E-state index in [2.05, 4.69) is 10.6 Å². The summed E-state index contributed by atoms with van der Waals surface area (Å²) in [5.74, 6) is -8.14. The molecule has 0 radical (unpaired) electrons. The third-order valence-corrected chi connectivity index (χ3v) is 8.01. The van der Waals surface area contributed by atoms with Crippen molar-refractivity contribution in [1.29, 1.82) is 0 Å². The van der Waals surface area contributed by atoms with Crippen molar-refractivity contribution in [1.82, 2.24) is 5.32 Å². The van der Waals surface area contributed by atoms with Gasteiger partial charge in [-0.3, -0.25) is 14.4 Å². The Labute approximate surface area is 272 Å². The summed E-state index contributed by atoms with van der Waals surface area (Å²) >= 11 is 0.995. The second-order valence-corrected chi connectivity index (χ2v) is 11.1. The van der Waals surface area contributed by atoms with Crippen LogP contribution in [-0.4, -0.2) is 37.2 Å². The van der Waals surface area contributed by atoms with E-state index in [1.54, 1.807) is 79.7 Å². The molecule has 0 fully saturated rings. The van der Waals surface area contributed by atoms with Crippen LogP contribution in [0.15, 0.2) is 89.5 Å². The highest BCUT2D eigenvalue weighted by molar-refractivity contribution is 8.00. The van der Waals surface area contributed by atoms with E-state index in [-0.39, 0.29) is 23.9 Å². The number of anilines is 2. The first-order valence-corrected chi connectivity index (χ1v) is 14.9. The van der Waals surface area contributed by atoms with Gasteiger partial charge in [0.2, 0.25) is 5.91 Å². The molecule has 13 heteroatoms. The number of hydrogen-bond donors (Lipinski definition) is 3. The normalized spacial score (nSPS) is 11.8. The fourth-order valence-corrected chi connectivity index (χ4v) is 5.36. The van der Waals surface area contributed by atoms with Crippen molar-refractivity contribution in [2.45, 2.75) is 23.5 Å². The standard InChI is InChI=1S/C34H29F4N3O5S/c1-4-27(34(44)41-30-28(37)23(35)18-24(36)29(30)38)47-22-14-9-13-21(17-22)39-33(43)25(40-32(42)19-10-6-5-7-11-19)16-20-12-8-15-26(45-2)31(20)46-3/h5-18,27H,4H2,1-3H3,(H,39,43)(H,40,42)(H,41,44)/b25-16+. The summed E-state index contributed by atoms with van der Waals surface area (Å²) in [4.78, 5) is 40.0. The van der Waals surface area contributed by atoms with Gasteiger partial charge in [0.15, 0.2) is 34.8 Å². The van der Waals surface area contributed by atoms with Crippen LogP contribution in [0, 0.1) is 23.3 Å². The van der Waals surface area contributed by atoms with Gasteiger partial charge in [-0.25, -0.2) is 17.6 Å². The molecule has 244 valence electrons. The molecular weight excluding hydrogens is 638 g/mol. The van der Waals surface area contributed by atoms with E-state index in [4.69, 9.17) is 9.47 Å². The van der Waals surface area contributed by atoms with Crippen LogP contribution >= 0.6 is 11.8 Å². The monoisotopic (exact) mass is 667 g/mol. The van der Waals surface area contributed by atoms with Crippen LogP contribution in [0.1, 0.15) is 29.3 Å². The van der Waals surface area contributed by atoms with Crippen molar-refractivity contribution in [2.75, 3.05) is 24.9 Å². The third kappa shape index (κ3) is 8.50. The molecule has 4 rings (SSSR count). The smallest absolute Gasteiger partial charge is 0.272 e. The van der Waals surface area contributed by atoms with Crippen molar-refractivity contribution in [2.24, 2.45) is 0 Å². The minimum atomic E-state index is -1.73. The number of ether oxygens (including phenoxy) is 2. The largest absolute Gasteiger partial charge is 0.493 e. The molecule has 4 aromatic rings. The van der Waals surface area contributed by atoms with Gasteiger partial charge in [-0.2, -0.15) is 0 Å². The molecule has 0 aromatic heterocycles. The lowest BCUT2D eigenvalue weighted by atomic mass is 10.1. The molecule has 0 aliphatic heterocycles. The first-order valence-electron chi connectivity index (χ1n) is 14.1. The number of thioether (sulfide) groups is 1. The SMILES string of the molecule is CCC(Sc1cccc(NC(=O)/C(=C\c2cccc(OC)c2OC)NC(=O)c2ccccc2)c1)C(=O)Nc1c(F)c(F)cc(F)c1F. The zero-order chi connectivity index (χ0) is 34.1. The number of benzene rings is 4. The van der Waals surface area contributed by atoms with Crippen LogP contribution in [0.25, 0.3) is 6.08 Å². The third-order valence-electron chi connectivity index (χ3n) is 6.66. The van der Waals surface area contributed by atoms with Gasteiger partial charge in [0.1, 0.15) is 11.4 Å². The lowest BCUT2D eigenvalue weighted by molar-refractivity contribution is -0.116. The molecule has 0 saturated carbocycles. The van der Waals surface area contributed by atoms with Crippen LogP contribution in [0.5, 0.6) is 11.5 Å². The van der Waals surface area contributed by atoms with Gasteiger partial charge >= 0.3 is 0 Å². The van der Waals surface area contributed by atoms with Gasteiger partial charge in [0.05, 0.1) is 19.5 Å². The van der Waals surface area contributed by atoms with E-state index in [9.17, 15) is 31.9 Å². The van der Waals surface area contributed by atoms with Crippen molar-refractivity contribution in [3.05, 3.63) is 119 Å². The number of hydrogen-bond acceptors (Lipinski definition) is 6. The molecule has 0 heterocycles. The second-order valence-electron chi connectivity index (χ2n) is 9.79. The van der Waals surface area contributed by atoms with E-state index in [0.29, 0.717) is 27.5 Å². The highest BCUT2D eigenvalue weighted by atomic mass is 32.2. The molecule has 1 atom stereocenters. The Morgan fingerprint density at radius 1 is 0.830 bits per heavy atom. The van der Waals surface area contributed by atoms with E-state index in [0.717, 1.165) is 11.8 Å². The summed E-state index contributed by atoms with van der Waals surface area (Å²) in [7, 11) is 2.90. The molecule has 3 N–H and O–H groups in total. The Kier molecular flexibility index (Phi) is 11.6. The van der Waals surface area contributed by atoms with Crippen molar-refractivity contribution in [3.8, 4) is 11.5 Å². The molecule has 0 aliphatic carbocycles. The highest BCUT2D eigenvalue weighted by Gasteiger charge is 2.25. The Morgan fingerprint density at radius 2 is 1.51 bits per heavy atom. The minimum Gasteiger partial charge on any atom is -0.493 e. The molecule has 0 bridgehead atoms. The fraction of sp³-hybridized carbons (Fsp3) is 0.147. The number of para-hydroxylation sites is 1. The number of rotatable bonds is 12. The van der Waals surface area contributed by atoms with Gasteiger partial charge in [0.25, 0.3) is 11.8 Å². The van der Waals surface area contributed by atoms with Crippen LogP contribution in [0.2, 0.25) is 0 Å². The highest BCUT2D eigenvalue weighted by Crippen LogP contribution is 2.33. The number of methoxy groups -OCH3 is 2. The summed E-state index contributed by atoms with van der Waals surface area (Å²) in [5, 5.41) is 6.37. The summed E-state index contributed by atoms with van der Waals surface area (Å²) in [6.07, 6.45) is 1.61. The number of halogens is 4. The summed E-state index contributed by atoms with van der Waals surface area (Å²) in [6, 6.07) is 19.7. The molecule has 1 unspecified atom stereocenters. The van der Waals surface area contributed by atoms with Gasteiger partial charge in [-0.05, 0) is 48.9 Å². The summed E-state index contributed by atoms with van der Waals surface area (Å²) in [6.45, 7) is 1.64. The van der Waals surface area contributed by atoms with Gasteiger partial charge in [-0.1, -0.05) is 43.3 Å². The zero-order valence-corrected chi connectivity index (χ0v) is 26.1. The lowest BCUT2D eigenvalue weighted by Gasteiger charge is -2.17. The molecular formula is C34H29F4N3O5S. The van der Waals surface area contributed by atoms with E-state index in [1.807, 2.05) is 5.32 Å². The van der Waals surface area contributed by atoms with E-state index < -0.39 is 51.9 Å². The topological polar surface area (TPSA) is 106 Å². The minimum absolute atomic E-state index is 0.0487. The van der Waals surface area contributed by atoms with Crippen molar-refractivity contribution in [3.63, 3.8) is 0 Å². The van der Waals surface area contributed by atoms with Crippen molar-refractivity contribution >= 4 is 46.9 Å². The van der Waals surface area contributed by atoms with Crippen molar-refractivity contribution < 1.29 is 41.4 Å². The molecule has 0 spiro atoms. The summed E-state index contributed by atoms with van der Waals surface area (Å²) < 4.78 is 66.4. The first-order chi connectivity index (χ1) is 22.6. The molecule has 0 aliphatic rings.